The summed E-state index contributed by atoms with van der Waals surface area (Å²) in [6.07, 6.45) is 6.41. The van der Waals surface area contributed by atoms with E-state index in [1.54, 1.807) is 0 Å². The van der Waals surface area contributed by atoms with E-state index in [2.05, 4.69) is 23.0 Å². The summed E-state index contributed by atoms with van der Waals surface area (Å²) < 4.78 is 0. The van der Waals surface area contributed by atoms with E-state index < -0.39 is 5.97 Å². The second-order valence-electron chi connectivity index (χ2n) is 5.47. The second kappa shape index (κ2) is 7.60. The second-order valence-corrected chi connectivity index (χ2v) is 5.47. The van der Waals surface area contributed by atoms with Crippen molar-refractivity contribution in [1.82, 2.24) is 9.88 Å². The molecule has 2 aromatic rings. The van der Waals surface area contributed by atoms with Crippen molar-refractivity contribution in [3.63, 3.8) is 0 Å². The number of phenolic OH excluding ortho intramolecular Hbond substituents is 2. The van der Waals surface area contributed by atoms with Crippen molar-refractivity contribution in [2.45, 2.75) is 18.9 Å². The molecule has 6 nitrogen and oxygen atoms in total. The topological polar surface area (TPSA) is 93.9 Å². The molecular formula is C17H20N2O4. The summed E-state index contributed by atoms with van der Waals surface area (Å²) in [7, 11) is 2.19. The Kier molecular flexibility index (Phi) is 5.54. The SMILES string of the molecule is CN1CCC[C@H]1c1cccnc1.O=C(O)c1cc(O)cc(O)c1. The molecule has 1 aliphatic rings. The molecule has 1 aromatic carbocycles. The van der Waals surface area contributed by atoms with Crippen LogP contribution in [-0.2, 0) is 0 Å². The fraction of sp³-hybridized carbons (Fsp3) is 0.294. The molecule has 23 heavy (non-hydrogen) atoms. The molecule has 0 bridgehead atoms. The van der Waals surface area contributed by atoms with Crippen LogP contribution >= 0.6 is 0 Å². The van der Waals surface area contributed by atoms with Gasteiger partial charge in [-0.1, -0.05) is 6.07 Å². The number of carboxylic acids is 1. The zero-order valence-electron chi connectivity index (χ0n) is 12.9. The van der Waals surface area contributed by atoms with Crippen molar-refractivity contribution in [1.29, 1.82) is 0 Å². The van der Waals surface area contributed by atoms with E-state index >= 15 is 0 Å². The summed E-state index contributed by atoms with van der Waals surface area (Å²) in [6.45, 7) is 1.22. The number of aromatic hydroxyl groups is 2. The quantitative estimate of drug-likeness (QED) is 0.788. The number of aromatic nitrogens is 1. The van der Waals surface area contributed by atoms with Gasteiger partial charge in [-0.05, 0) is 50.2 Å². The Hall–Kier alpha value is -2.60. The molecule has 1 aromatic heterocycles. The summed E-state index contributed by atoms with van der Waals surface area (Å²) >= 11 is 0. The molecular weight excluding hydrogens is 296 g/mol. The van der Waals surface area contributed by atoms with E-state index in [9.17, 15) is 4.79 Å². The molecule has 0 amide bonds. The van der Waals surface area contributed by atoms with Crippen molar-refractivity contribution >= 4 is 5.97 Å². The minimum absolute atomic E-state index is 0.137. The van der Waals surface area contributed by atoms with Crippen molar-refractivity contribution < 1.29 is 20.1 Å². The molecule has 122 valence electrons. The van der Waals surface area contributed by atoms with Gasteiger partial charge in [0.2, 0.25) is 0 Å². The van der Waals surface area contributed by atoms with Crippen LogP contribution in [0.5, 0.6) is 11.5 Å². The molecule has 1 atom stereocenters. The molecule has 0 unspecified atom stereocenters. The number of hydrogen-bond acceptors (Lipinski definition) is 5. The van der Waals surface area contributed by atoms with E-state index in [1.165, 1.54) is 24.9 Å². The van der Waals surface area contributed by atoms with Crippen LogP contribution in [0.15, 0.2) is 42.7 Å². The molecule has 0 radical (unpaired) electrons. The number of rotatable bonds is 2. The summed E-state index contributed by atoms with van der Waals surface area (Å²) in [6, 6.07) is 7.97. The number of benzene rings is 1. The molecule has 0 spiro atoms. The summed E-state index contributed by atoms with van der Waals surface area (Å²) in [5.41, 5.74) is 1.22. The molecule has 1 fully saturated rings. The van der Waals surface area contributed by atoms with Gasteiger partial charge in [0.15, 0.2) is 0 Å². The first kappa shape index (κ1) is 16.8. The van der Waals surface area contributed by atoms with Crippen LogP contribution in [0.4, 0.5) is 0 Å². The van der Waals surface area contributed by atoms with Crippen LogP contribution in [0.25, 0.3) is 0 Å². The van der Waals surface area contributed by atoms with Crippen molar-refractivity contribution in [3.8, 4) is 11.5 Å². The average molecular weight is 316 g/mol. The maximum atomic E-state index is 10.3. The average Bonchev–Trinajstić information content (AvgIpc) is 2.94. The van der Waals surface area contributed by atoms with E-state index in [4.69, 9.17) is 15.3 Å². The standard InChI is InChI=1S/C10H14N2.C7H6O4/c1-12-7-3-5-10(12)9-4-2-6-11-8-9;8-5-1-4(7(10)11)2-6(9)3-5/h2,4,6,8,10H,3,5,7H2,1H3;1-3,8-9H,(H,10,11)/t10-;/m0./s1. The monoisotopic (exact) mass is 316 g/mol. The number of phenols is 2. The third kappa shape index (κ3) is 4.69. The molecule has 3 N–H and O–H groups in total. The largest absolute Gasteiger partial charge is 0.508 e. The number of pyridine rings is 1. The van der Waals surface area contributed by atoms with Gasteiger partial charge in [0.1, 0.15) is 11.5 Å². The highest BCUT2D eigenvalue weighted by Crippen LogP contribution is 2.29. The van der Waals surface area contributed by atoms with Gasteiger partial charge in [0, 0.05) is 24.5 Å². The summed E-state index contributed by atoms with van der Waals surface area (Å²) in [5.74, 6) is -1.71. The predicted octanol–water partition coefficient (Wildman–Crippen LogP) is 2.64. The van der Waals surface area contributed by atoms with Gasteiger partial charge in [-0.15, -0.1) is 0 Å². The lowest BCUT2D eigenvalue weighted by Gasteiger charge is -2.18. The first-order valence-electron chi connectivity index (χ1n) is 7.34. The Labute approximate surface area is 134 Å². The van der Waals surface area contributed by atoms with Gasteiger partial charge in [-0.25, -0.2) is 4.79 Å². The van der Waals surface area contributed by atoms with Crippen LogP contribution in [-0.4, -0.2) is 44.8 Å². The van der Waals surface area contributed by atoms with Gasteiger partial charge in [0.05, 0.1) is 5.56 Å². The first-order valence-corrected chi connectivity index (χ1v) is 7.34. The Balaban J connectivity index is 0.000000168. The Morgan fingerprint density at radius 1 is 1.26 bits per heavy atom. The number of aromatic carboxylic acids is 1. The lowest BCUT2D eigenvalue weighted by molar-refractivity contribution is 0.0696. The fourth-order valence-electron chi connectivity index (χ4n) is 2.62. The van der Waals surface area contributed by atoms with Crippen LogP contribution in [0.2, 0.25) is 0 Å². The third-order valence-electron chi connectivity index (χ3n) is 3.74. The summed E-state index contributed by atoms with van der Waals surface area (Å²) in [5, 5.41) is 26.1. The number of nitrogens with zero attached hydrogens (tertiary/aromatic N) is 2. The first-order chi connectivity index (χ1) is 11.0. The van der Waals surface area contributed by atoms with E-state index in [0.717, 1.165) is 18.2 Å². The zero-order chi connectivity index (χ0) is 16.8. The molecule has 1 saturated heterocycles. The zero-order valence-corrected chi connectivity index (χ0v) is 12.9. The van der Waals surface area contributed by atoms with E-state index in [0.29, 0.717) is 6.04 Å². The minimum Gasteiger partial charge on any atom is -0.508 e. The molecule has 2 heterocycles. The normalized spacial score (nSPS) is 17.3. The molecule has 0 aliphatic carbocycles. The van der Waals surface area contributed by atoms with Crippen LogP contribution < -0.4 is 0 Å². The highest BCUT2D eigenvalue weighted by atomic mass is 16.4. The lowest BCUT2D eigenvalue weighted by Crippen LogP contribution is -2.17. The highest BCUT2D eigenvalue weighted by Gasteiger charge is 2.21. The molecule has 3 rings (SSSR count). The number of carboxylic acid groups (broad SMARTS) is 1. The minimum atomic E-state index is -1.18. The van der Waals surface area contributed by atoms with Gasteiger partial charge >= 0.3 is 5.97 Å². The highest BCUT2D eigenvalue weighted by molar-refractivity contribution is 5.88. The van der Waals surface area contributed by atoms with Crippen LogP contribution in [0.1, 0.15) is 34.8 Å². The molecule has 1 aliphatic heterocycles. The lowest BCUT2D eigenvalue weighted by atomic mass is 10.1. The number of hydrogen-bond donors (Lipinski definition) is 3. The molecule has 6 heteroatoms. The smallest absolute Gasteiger partial charge is 0.335 e. The van der Waals surface area contributed by atoms with Crippen LogP contribution in [0.3, 0.4) is 0 Å². The van der Waals surface area contributed by atoms with Crippen molar-refractivity contribution in [2.24, 2.45) is 0 Å². The predicted molar refractivity (Wildman–Crippen MR) is 85.6 cm³/mol. The van der Waals surface area contributed by atoms with Gasteiger partial charge < -0.3 is 15.3 Å². The van der Waals surface area contributed by atoms with E-state index in [1.807, 2.05) is 18.5 Å². The Morgan fingerprint density at radius 3 is 2.43 bits per heavy atom. The maximum Gasteiger partial charge on any atom is 0.335 e. The van der Waals surface area contributed by atoms with Crippen molar-refractivity contribution in [3.05, 3.63) is 53.9 Å². The molecule has 0 saturated carbocycles. The van der Waals surface area contributed by atoms with Crippen molar-refractivity contribution in [2.75, 3.05) is 13.6 Å². The maximum absolute atomic E-state index is 10.3. The Morgan fingerprint density at radius 2 is 1.96 bits per heavy atom. The van der Waals surface area contributed by atoms with Gasteiger partial charge in [0.25, 0.3) is 0 Å². The Bertz CT molecular complexity index is 641. The van der Waals surface area contributed by atoms with Crippen LogP contribution in [0, 0.1) is 0 Å². The number of likely N-dealkylation sites (tertiary alicyclic amines) is 1. The van der Waals surface area contributed by atoms with Gasteiger partial charge in [-0.2, -0.15) is 0 Å². The summed E-state index contributed by atoms with van der Waals surface area (Å²) in [4.78, 5) is 16.8. The number of carbonyl (C=O) groups is 1. The van der Waals surface area contributed by atoms with E-state index in [-0.39, 0.29) is 17.1 Å². The van der Waals surface area contributed by atoms with Gasteiger partial charge in [-0.3, -0.25) is 9.88 Å². The fourth-order valence-corrected chi connectivity index (χ4v) is 2.62. The third-order valence-corrected chi connectivity index (χ3v) is 3.74.